The summed E-state index contributed by atoms with van der Waals surface area (Å²) in [4.78, 5) is 13.9. The van der Waals surface area contributed by atoms with Gasteiger partial charge in [-0.3, -0.25) is 0 Å². The van der Waals surface area contributed by atoms with E-state index >= 15 is 0 Å². The van der Waals surface area contributed by atoms with E-state index in [2.05, 4.69) is 21.6 Å². The van der Waals surface area contributed by atoms with E-state index in [1.807, 2.05) is 47.8 Å². The lowest BCUT2D eigenvalue weighted by Gasteiger charge is -2.10. The average Bonchev–Trinajstić information content (AvgIpc) is 3.49. The lowest BCUT2D eigenvalue weighted by atomic mass is 10.2. The van der Waals surface area contributed by atoms with E-state index in [-0.39, 0.29) is 12.3 Å². The highest BCUT2D eigenvalue weighted by molar-refractivity contribution is 7.10. The van der Waals surface area contributed by atoms with Crippen molar-refractivity contribution in [3.8, 4) is 17.5 Å². The molecule has 8 heteroatoms. The van der Waals surface area contributed by atoms with Crippen LogP contribution in [0, 0.1) is 11.3 Å². The van der Waals surface area contributed by atoms with Crippen molar-refractivity contribution in [1.82, 2.24) is 20.2 Å². The number of carbonyl (C=O) groups excluding carboxylic acids is 1. The zero-order chi connectivity index (χ0) is 20.8. The lowest BCUT2D eigenvalue weighted by molar-refractivity contribution is -0.138. The van der Waals surface area contributed by atoms with Gasteiger partial charge < -0.3 is 4.74 Å². The number of benzene rings is 2. The fourth-order valence-corrected chi connectivity index (χ4v) is 3.38. The first-order chi connectivity index (χ1) is 14.7. The highest BCUT2D eigenvalue weighted by Crippen LogP contribution is 2.23. The fourth-order valence-electron chi connectivity index (χ4n) is 2.73. The molecule has 4 aromatic rings. The molecule has 0 saturated carbocycles. The fraction of sp³-hybridized carbons (Fsp3) is 0.0455. The quantitative estimate of drug-likeness (QED) is 0.350. The van der Waals surface area contributed by atoms with Crippen LogP contribution in [0.25, 0.3) is 23.2 Å². The molecule has 2 aromatic heterocycles. The van der Waals surface area contributed by atoms with Gasteiger partial charge in [0.1, 0.15) is 6.61 Å². The molecule has 0 N–H and O–H groups in total. The summed E-state index contributed by atoms with van der Waals surface area (Å²) in [5, 5.41) is 22.7. The van der Waals surface area contributed by atoms with Crippen LogP contribution < -0.4 is 0 Å². The molecule has 30 heavy (non-hydrogen) atoms. The molecule has 0 aliphatic rings. The minimum absolute atomic E-state index is 0.0646. The number of nitrogens with zero attached hydrogens (tertiary/aromatic N) is 5. The highest BCUT2D eigenvalue weighted by atomic mass is 32.1. The van der Waals surface area contributed by atoms with E-state index in [4.69, 9.17) is 10.00 Å². The standard InChI is InChI=1S/C22H15N5O2S/c23-14-16-8-10-17(11-9-16)15-29-22(28)20(13-19-7-4-12-30-19)27-21(24-25-26-27)18-5-2-1-3-6-18/h1-13H,15H2/b20-13-. The normalized spacial score (nSPS) is 11.1. The van der Waals surface area contributed by atoms with Crippen LogP contribution in [-0.2, 0) is 16.1 Å². The van der Waals surface area contributed by atoms with Gasteiger partial charge in [-0.1, -0.05) is 48.5 Å². The second kappa shape index (κ2) is 8.94. The van der Waals surface area contributed by atoms with Crippen LogP contribution in [0.3, 0.4) is 0 Å². The van der Waals surface area contributed by atoms with Crippen molar-refractivity contribution in [3.63, 3.8) is 0 Å². The van der Waals surface area contributed by atoms with Crippen molar-refractivity contribution in [2.45, 2.75) is 6.61 Å². The van der Waals surface area contributed by atoms with Gasteiger partial charge in [-0.15, -0.1) is 16.4 Å². The summed E-state index contributed by atoms with van der Waals surface area (Å²) < 4.78 is 6.91. The van der Waals surface area contributed by atoms with Crippen molar-refractivity contribution in [2.24, 2.45) is 0 Å². The van der Waals surface area contributed by atoms with Crippen LogP contribution in [0.1, 0.15) is 16.0 Å². The van der Waals surface area contributed by atoms with Gasteiger partial charge >= 0.3 is 5.97 Å². The van der Waals surface area contributed by atoms with Crippen molar-refractivity contribution in [1.29, 1.82) is 5.26 Å². The molecule has 0 amide bonds. The third-order valence-electron chi connectivity index (χ3n) is 4.21. The van der Waals surface area contributed by atoms with Crippen LogP contribution in [0.4, 0.5) is 0 Å². The molecule has 0 unspecified atom stereocenters. The van der Waals surface area contributed by atoms with Crippen LogP contribution in [0.2, 0.25) is 0 Å². The van der Waals surface area contributed by atoms with Crippen molar-refractivity contribution >= 4 is 29.1 Å². The second-order valence-electron chi connectivity index (χ2n) is 6.21. The molecule has 0 atom stereocenters. The summed E-state index contributed by atoms with van der Waals surface area (Å²) in [6.07, 6.45) is 1.70. The molecular weight excluding hydrogens is 398 g/mol. The van der Waals surface area contributed by atoms with Gasteiger partial charge in [-0.05, 0) is 45.6 Å². The number of carbonyl (C=O) groups is 1. The van der Waals surface area contributed by atoms with Gasteiger partial charge in [0, 0.05) is 10.4 Å². The number of aromatic nitrogens is 4. The monoisotopic (exact) mass is 413 g/mol. The van der Waals surface area contributed by atoms with E-state index in [1.54, 1.807) is 30.3 Å². The number of ether oxygens (including phenoxy) is 1. The number of esters is 1. The largest absolute Gasteiger partial charge is 0.456 e. The van der Waals surface area contributed by atoms with E-state index in [9.17, 15) is 4.79 Å². The molecule has 7 nitrogen and oxygen atoms in total. The third kappa shape index (κ3) is 4.32. The summed E-state index contributed by atoms with van der Waals surface area (Å²) in [5.74, 6) is -0.119. The van der Waals surface area contributed by atoms with E-state index in [0.29, 0.717) is 11.4 Å². The second-order valence-corrected chi connectivity index (χ2v) is 7.19. The molecule has 2 aromatic carbocycles. The zero-order valence-corrected chi connectivity index (χ0v) is 16.5. The van der Waals surface area contributed by atoms with Crippen molar-refractivity contribution in [2.75, 3.05) is 0 Å². The van der Waals surface area contributed by atoms with Crippen LogP contribution in [0.5, 0.6) is 0 Å². The summed E-state index contributed by atoms with van der Waals surface area (Å²) in [7, 11) is 0. The van der Waals surface area contributed by atoms with Gasteiger partial charge in [0.15, 0.2) is 11.5 Å². The number of thiophene rings is 1. The van der Waals surface area contributed by atoms with E-state index in [1.165, 1.54) is 16.0 Å². The first-order valence-corrected chi connectivity index (χ1v) is 9.88. The number of hydrogen-bond acceptors (Lipinski definition) is 7. The first kappa shape index (κ1) is 19.2. The predicted molar refractivity (Wildman–Crippen MR) is 113 cm³/mol. The van der Waals surface area contributed by atoms with Gasteiger partial charge in [-0.2, -0.15) is 9.94 Å². The Morgan fingerprint density at radius 1 is 1.10 bits per heavy atom. The van der Waals surface area contributed by atoms with Gasteiger partial charge in [0.25, 0.3) is 0 Å². The summed E-state index contributed by atoms with van der Waals surface area (Å²) in [6.45, 7) is 0.0646. The SMILES string of the molecule is N#Cc1ccc(COC(=O)/C(=C/c2cccs2)n2nnnc2-c2ccccc2)cc1. The smallest absolute Gasteiger partial charge is 0.357 e. The van der Waals surface area contributed by atoms with Crippen LogP contribution in [-0.4, -0.2) is 26.2 Å². The Morgan fingerprint density at radius 2 is 1.90 bits per heavy atom. The molecular formula is C22H15N5O2S. The third-order valence-corrected chi connectivity index (χ3v) is 5.03. The highest BCUT2D eigenvalue weighted by Gasteiger charge is 2.21. The Morgan fingerprint density at radius 3 is 2.60 bits per heavy atom. The Kier molecular flexibility index (Phi) is 5.73. The molecule has 0 spiro atoms. The first-order valence-electron chi connectivity index (χ1n) is 9.00. The van der Waals surface area contributed by atoms with Crippen molar-refractivity contribution in [3.05, 3.63) is 88.1 Å². The molecule has 0 aliphatic carbocycles. The molecule has 0 radical (unpaired) electrons. The topological polar surface area (TPSA) is 93.7 Å². The number of tetrazole rings is 1. The van der Waals surface area contributed by atoms with Crippen LogP contribution in [0.15, 0.2) is 72.1 Å². The zero-order valence-electron chi connectivity index (χ0n) is 15.7. The molecule has 4 rings (SSSR count). The minimum atomic E-state index is -0.558. The molecule has 0 fully saturated rings. The average molecular weight is 413 g/mol. The Balaban J connectivity index is 1.64. The Hall–Kier alpha value is -4.09. The Bertz CT molecular complexity index is 1210. The number of rotatable bonds is 6. The molecule has 0 bridgehead atoms. The van der Waals surface area contributed by atoms with Gasteiger partial charge in [-0.25, -0.2) is 4.79 Å². The van der Waals surface area contributed by atoms with E-state index in [0.717, 1.165) is 16.0 Å². The number of nitriles is 1. The van der Waals surface area contributed by atoms with Crippen LogP contribution >= 0.6 is 11.3 Å². The molecule has 0 saturated heterocycles. The summed E-state index contributed by atoms with van der Waals surface area (Å²) in [6, 6.07) is 22.1. The lowest BCUT2D eigenvalue weighted by Crippen LogP contribution is -2.15. The number of hydrogen-bond donors (Lipinski definition) is 0. The maximum absolute atomic E-state index is 13.0. The minimum Gasteiger partial charge on any atom is -0.456 e. The summed E-state index contributed by atoms with van der Waals surface area (Å²) in [5.41, 5.74) is 2.30. The molecule has 0 aliphatic heterocycles. The van der Waals surface area contributed by atoms with E-state index < -0.39 is 5.97 Å². The molecule has 146 valence electrons. The maximum atomic E-state index is 13.0. The summed E-state index contributed by atoms with van der Waals surface area (Å²) >= 11 is 1.49. The van der Waals surface area contributed by atoms with Gasteiger partial charge in [0.05, 0.1) is 11.6 Å². The van der Waals surface area contributed by atoms with Gasteiger partial charge in [0.2, 0.25) is 0 Å². The van der Waals surface area contributed by atoms with Crippen molar-refractivity contribution < 1.29 is 9.53 Å². The maximum Gasteiger partial charge on any atom is 0.357 e. The molecule has 2 heterocycles. The Labute approximate surface area is 176 Å². The predicted octanol–water partition coefficient (Wildman–Crippen LogP) is 4.01.